The van der Waals surface area contributed by atoms with E-state index in [4.69, 9.17) is 9.47 Å². The summed E-state index contributed by atoms with van der Waals surface area (Å²) in [5, 5.41) is 0. The highest BCUT2D eigenvalue weighted by molar-refractivity contribution is 5.95. The Morgan fingerprint density at radius 1 is 1.21 bits per heavy atom. The van der Waals surface area contributed by atoms with Crippen LogP contribution in [-0.2, 0) is 0 Å². The maximum Gasteiger partial charge on any atom is 0.254 e. The van der Waals surface area contributed by atoms with Gasteiger partial charge < -0.3 is 14.4 Å². The van der Waals surface area contributed by atoms with Gasteiger partial charge in [-0.1, -0.05) is 6.92 Å². The second-order valence-electron chi connectivity index (χ2n) is 5.10. The van der Waals surface area contributed by atoms with Crippen molar-refractivity contribution < 1.29 is 14.3 Å². The Balaban J connectivity index is 2.22. The highest BCUT2D eigenvalue weighted by atomic mass is 16.5. The molecule has 0 spiro atoms. The molecule has 0 aliphatic carbocycles. The molecule has 1 fully saturated rings. The first-order valence-electron chi connectivity index (χ1n) is 6.66. The van der Waals surface area contributed by atoms with Crippen molar-refractivity contribution in [2.75, 3.05) is 27.3 Å². The molecule has 0 bridgehead atoms. The highest BCUT2D eigenvalue weighted by Crippen LogP contribution is 2.25. The number of carbonyl (C=O) groups is 1. The molecule has 0 saturated carbocycles. The van der Waals surface area contributed by atoms with Crippen LogP contribution in [0.15, 0.2) is 18.2 Å². The third-order valence-corrected chi connectivity index (χ3v) is 3.54. The molecule has 1 heterocycles. The van der Waals surface area contributed by atoms with Crippen LogP contribution in [0, 0.1) is 5.92 Å². The molecule has 4 heteroatoms. The number of methoxy groups -OCH3 is 2. The minimum atomic E-state index is 0.0590. The summed E-state index contributed by atoms with van der Waals surface area (Å²) in [6.45, 7) is 3.85. The zero-order valence-corrected chi connectivity index (χ0v) is 11.8. The molecule has 0 radical (unpaired) electrons. The number of likely N-dealkylation sites (tertiary alicyclic amines) is 1. The van der Waals surface area contributed by atoms with E-state index in [0.29, 0.717) is 23.0 Å². The predicted octanol–water partition coefficient (Wildman–Crippen LogP) is 2.58. The van der Waals surface area contributed by atoms with Gasteiger partial charge in [-0.15, -0.1) is 0 Å². The third-order valence-electron chi connectivity index (χ3n) is 3.54. The van der Waals surface area contributed by atoms with Crippen LogP contribution >= 0.6 is 0 Å². The second kappa shape index (κ2) is 5.95. The summed E-state index contributed by atoms with van der Waals surface area (Å²) in [6.07, 6.45) is 2.28. The van der Waals surface area contributed by atoms with Crippen molar-refractivity contribution in [2.24, 2.45) is 5.92 Å². The largest absolute Gasteiger partial charge is 0.497 e. The van der Waals surface area contributed by atoms with Gasteiger partial charge in [0, 0.05) is 24.7 Å². The van der Waals surface area contributed by atoms with E-state index < -0.39 is 0 Å². The van der Waals surface area contributed by atoms with E-state index in [1.165, 1.54) is 6.42 Å². The number of benzene rings is 1. The number of piperidine rings is 1. The smallest absolute Gasteiger partial charge is 0.254 e. The molecule has 2 rings (SSSR count). The number of hydrogen-bond donors (Lipinski definition) is 0. The summed E-state index contributed by atoms with van der Waals surface area (Å²) in [5.41, 5.74) is 0.630. The SMILES string of the molecule is COc1cc(OC)cc(C(=O)N2CCC[C@H](C)C2)c1. The first-order valence-corrected chi connectivity index (χ1v) is 6.66. The van der Waals surface area contributed by atoms with Gasteiger partial charge in [0.25, 0.3) is 5.91 Å². The van der Waals surface area contributed by atoms with Crippen LogP contribution in [0.3, 0.4) is 0 Å². The summed E-state index contributed by atoms with van der Waals surface area (Å²) in [6, 6.07) is 5.31. The Bertz CT molecular complexity index is 436. The van der Waals surface area contributed by atoms with Crippen LogP contribution in [0.5, 0.6) is 11.5 Å². The lowest BCUT2D eigenvalue weighted by atomic mass is 9.99. The van der Waals surface area contributed by atoms with E-state index in [9.17, 15) is 4.79 Å². The Hall–Kier alpha value is -1.71. The first-order chi connectivity index (χ1) is 9.13. The molecule has 1 saturated heterocycles. The van der Waals surface area contributed by atoms with Gasteiger partial charge in [0.05, 0.1) is 14.2 Å². The molecule has 0 aromatic heterocycles. The molecule has 1 aromatic rings. The standard InChI is InChI=1S/C15H21NO3/c1-11-5-4-6-16(10-11)15(17)12-7-13(18-2)9-14(8-12)19-3/h7-9,11H,4-6,10H2,1-3H3/t11-/m0/s1. The van der Waals surface area contributed by atoms with Gasteiger partial charge in [0.1, 0.15) is 11.5 Å². The molecule has 1 aromatic carbocycles. The fraction of sp³-hybridized carbons (Fsp3) is 0.533. The topological polar surface area (TPSA) is 38.8 Å². The number of amides is 1. The van der Waals surface area contributed by atoms with Crippen LogP contribution in [0.4, 0.5) is 0 Å². The van der Waals surface area contributed by atoms with Crippen LogP contribution in [0.25, 0.3) is 0 Å². The fourth-order valence-electron chi connectivity index (χ4n) is 2.49. The summed E-state index contributed by atoms with van der Waals surface area (Å²) >= 11 is 0. The zero-order valence-electron chi connectivity index (χ0n) is 11.8. The molecule has 1 aliphatic rings. The van der Waals surface area contributed by atoms with Crippen molar-refractivity contribution in [1.29, 1.82) is 0 Å². The van der Waals surface area contributed by atoms with Crippen LogP contribution in [0.2, 0.25) is 0 Å². The van der Waals surface area contributed by atoms with E-state index in [2.05, 4.69) is 6.92 Å². The average Bonchev–Trinajstić information content (AvgIpc) is 2.45. The molecule has 0 N–H and O–H groups in total. The first kappa shape index (κ1) is 13.7. The zero-order chi connectivity index (χ0) is 13.8. The Labute approximate surface area is 114 Å². The lowest BCUT2D eigenvalue weighted by molar-refractivity contribution is 0.0682. The van der Waals surface area contributed by atoms with Gasteiger partial charge in [-0.05, 0) is 30.9 Å². The molecular weight excluding hydrogens is 242 g/mol. The van der Waals surface area contributed by atoms with Gasteiger partial charge in [0.15, 0.2) is 0 Å². The molecule has 0 unspecified atom stereocenters. The van der Waals surface area contributed by atoms with Crippen molar-refractivity contribution >= 4 is 5.91 Å². The monoisotopic (exact) mass is 263 g/mol. The number of hydrogen-bond acceptors (Lipinski definition) is 3. The van der Waals surface area contributed by atoms with Crippen LogP contribution in [0.1, 0.15) is 30.1 Å². The van der Waals surface area contributed by atoms with Gasteiger partial charge in [-0.3, -0.25) is 4.79 Å². The summed E-state index contributed by atoms with van der Waals surface area (Å²) in [7, 11) is 3.18. The normalized spacial score (nSPS) is 19.1. The lowest BCUT2D eigenvalue weighted by Gasteiger charge is -2.31. The third kappa shape index (κ3) is 3.19. The quantitative estimate of drug-likeness (QED) is 0.841. The van der Waals surface area contributed by atoms with Crippen molar-refractivity contribution in [2.45, 2.75) is 19.8 Å². The van der Waals surface area contributed by atoms with E-state index in [1.807, 2.05) is 4.90 Å². The summed E-state index contributed by atoms with van der Waals surface area (Å²) in [5.74, 6) is 1.93. The average molecular weight is 263 g/mol. The van der Waals surface area contributed by atoms with Crippen molar-refractivity contribution in [3.63, 3.8) is 0 Å². The van der Waals surface area contributed by atoms with E-state index in [0.717, 1.165) is 19.5 Å². The Morgan fingerprint density at radius 3 is 2.37 bits per heavy atom. The molecule has 1 atom stereocenters. The minimum Gasteiger partial charge on any atom is -0.497 e. The highest BCUT2D eigenvalue weighted by Gasteiger charge is 2.22. The van der Waals surface area contributed by atoms with Gasteiger partial charge in [-0.25, -0.2) is 0 Å². The fourth-order valence-corrected chi connectivity index (χ4v) is 2.49. The molecular formula is C15H21NO3. The van der Waals surface area contributed by atoms with Gasteiger partial charge in [0.2, 0.25) is 0 Å². The van der Waals surface area contributed by atoms with Gasteiger partial charge in [-0.2, -0.15) is 0 Å². The van der Waals surface area contributed by atoms with Crippen LogP contribution in [-0.4, -0.2) is 38.1 Å². The molecule has 1 aliphatic heterocycles. The van der Waals surface area contributed by atoms with Crippen LogP contribution < -0.4 is 9.47 Å². The number of ether oxygens (including phenoxy) is 2. The van der Waals surface area contributed by atoms with Crippen molar-refractivity contribution in [3.05, 3.63) is 23.8 Å². The maximum absolute atomic E-state index is 12.5. The van der Waals surface area contributed by atoms with E-state index in [-0.39, 0.29) is 5.91 Å². The van der Waals surface area contributed by atoms with Crippen molar-refractivity contribution in [1.82, 2.24) is 4.90 Å². The number of carbonyl (C=O) groups excluding carboxylic acids is 1. The summed E-state index contributed by atoms with van der Waals surface area (Å²) in [4.78, 5) is 14.4. The minimum absolute atomic E-state index is 0.0590. The molecule has 1 amide bonds. The van der Waals surface area contributed by atoms with E-state index >= 15 is 0 Å². The number of nitrogens with zero attached hydrogens (tertiary/aromatic N) is 1. The maximum atomic E-state index is 12.5. The second-order valence-corrected chi connectivity index (χ2v) is 5.10. The van der Waals surface area contributed by atoms with Gasteiger partial charge >= 0.3 is 0 Å². The molecule has 19 heavy (non-hydrogen) atoms. The summed E-state index contributed by atoms with van der Waals surface area (Å²) < 4.78 is 10.4. The Kier molecular flexibility index (Phi) is 4.30. The number of rotatable bonds is 3. The lowest BCUT2D eigenvalue weighted by Crippen LogP contribution is -2.39. The molecule has 4 nitrogen and oxygen atoms in total. The Morgan fingerprint density at radius 2 is 1.84 bits per heavy atom. The van der Waals surface area contributed by atoms with Crippen molar-refractivity contribution in [3.8, 4) is 11.5 Å². The predicted molar refractivity (Wildman–Crippen MR) is 73.8 cm³/mol. The van der Waals surface area contributed by atoms with E-state index in [1.54, 1.807) is 32.4 Å². The molecule has 104 valence electrons.